The first kappa shape index (κ1) is 18.2. The van der Waals surface area contributed by atoms with Gasteiger partial charge in [0.1, 0.15) is 0 Å². The van der Waals surface area contributed by atoms with Crippen molar-refractivity contribution < 1.29 is 13.9 Å². The standard InChI is InChI=1S/C18H15IN4O3S/c1-3-14(24)22-11-7-5-4-6-10(11)15-16(25)20-18(27-2)21-23(15)17(22)12-8-9-13(19)26-12/h4-9,17H,3H2,1-2H3/p+1/t17-/m0/s1. The zero-order valence-corrected chi connectivity index (χ0v) is 17.6. The fraction of sp³-hybridized carbons (Fsp3) is 0.222. The van der Waals surface area contributed by atoms with Crippen molar-refractivity contribution in [3.8, 4) is 11.3 Å². The number of aromatic nitrogens is 3. The Hall–Kier alpha value is -2.14. The van der Waals surface area contributed by atoms with Crippen molar-refractivity contribution >= 4 is 45.9 Å². The third kappa shape index (κ3) is 2.98. The molecular formula is C18H16IN4O3S+. The number of rotatable bonds is 3. The minimum atomic E-state index is -0.668. The number of fused-ring (bicyclic) bond motifs is 3. The van der Waals surface area contributed by atoms with Crippen LogP contribution in [0.15, 0.2) is 50.8 Å². The second kappa shape index (κ2) is 7.12. The van der Waals surface area contributed by atoms with Gasteiger partial charge in [-0.05, 0) is 57.8 Å². The highest BCUT2D eigenvalue weighted by Crippen LogP contribution is 2.37. The van der Waals surface area contributed by atoms with Gasteiger partial charge in [-0.25, -0.2) is 4.90 Å². The van der Waals surface area contributed by atoms with Gasteiger partial charge >= 0.3 is 17.4 Å². The largest absolute Gasteiger partial charge is 0.446 e. The summed E-state index contributed by atoms with van der Waals surface area (Å²) in [5.74, 6) is 0.469. The predicted molar refractivity (Wildman–Crippen MR) is 110 cm³/mol. The summed E-state index contributed by atoms with van der Waals surface area (Å²) in [6.45, 7) is 1.81. The number of halogens is 1. The highest BCUT2D eigenvalue weighted by molar-refractivity contribution is 14.1. The van der Waals surface area contributed by atoms with Crippen LogP contribution in [-0.2, 0) is 4.79 Å². The lowest BCUT2D eigenvalue weighted by molar-refractivity contribution is -0.764. The molecule has 1 amide bonds. The number of amides is 1. The fourth-order valence-corrected chi connectivity index (χ4v) is 4.03. The van der Waals surface area contributed by atoms with Crippen LogP contribution >= 0.6 is 34.4 Å². The third-order valence-electron chi connectivity index (χ3n) is 4.37. The van der Waals surface area contributed by atoms with E-state index in [4.69, 9.17) is 4.42 Å². The van der Waals surface area contributed by atoms with Gasteiger partial charge in [0.15, 0.2) is 9.53 Å². The second-order valence-corrected chi connectivity index (χ2v) is 7.76. The lowest BCUT2D eigenvalue weighted by atomic mass is 10.0. The first-order valence-corrected chi connectivity index (χ1v) is 10.6. The Balaban J connectivity index is 2.09. The first-order chi connectivity index (χ1) is 13.0. The van der Waals surface area contributed by atoms with Crippen molar-refractivity contribution in [3.05, 3.63) is 56.3 Å². The maximum atomic E-state index is 12.9. The SMILES string of the molecule is CCC(=O)N1c2ccccc2-c2c(=O)[nH]c(SC)n[n+]2[C@H]1c1ccc(I)o1. The molecule has 0 spiro atoms. The number of carbonyl (C=O) groups excluding carboxylic acids is 1. The van der Waals surface area contributed by atoms with Gasteiger partial charge in [0.05, 0.1) is 11.3 Å². The zero-order chi connectivity index (χ0) is 19.1. The zero-order valence-electron chi connectivity index (χ0n) is 14.6. The Bertz CT molecular complexity index is 1090. The van der Waals surface area contributed by atoms with Gasteiger partial charge in [-0.3, -0.25) is 14.6 Å². The molecule has 0 aliphatic carbocycles. The highest BCUT2D eigenvalue weighted by Gasteiger charge is 2.46. The van der Waals surface area contributed by atoms with E-state index >= 15 is 0 Å². The summed E-state index contributed by atoms with van der Waals surface area (Å²) in [6.07, 6.45) is 1.48. The first-order valence-electron chi connectivity index (χ1n) is 8.32. The average Bonchev–Trinajstić information content (AvgIpc) is 3.11. The molecule has 27 heavy (non-hydrogen) atoms. The van der Waals surface area contributed by atoms with Crippen LogP contribution in [0.3, 0.4) is 0 Å². The van der Waals surface area contributed by atoms with Crippen molar-refractivity contribution in [1.29, 1.82) is 0 Å². The topological polar surface area (TPSA) is 83.1 Å². The molecular weight excluding hydrogens is 479 g/mol. The molecule has 3 aromatic rings. The molecule has 2 aromatic heterocycles. The number of aromatic amines is 1. The normalized spacial score (nSPS) is 15.4. The summed E-state index contributed by atoms with van der Waals surface area (Å²) < 4.78 is 8.14. The van der Waals surface area contributed by atoms with Gasteiger partial charge in [0.2, 0.25) is 11.1 Å². The van der Waals surface area contributed by atoms with E-state index in [9.17, 15) is 9.59 Å². The molecule has 4 rings (SSSR count). The van der Waals surface area contributed by atoms with Crippen LogP contribution in [0.25, 0.3) is 11.3 Å². The molecule has 7 nitrogen and oxygen atoms in total. The number of nitrogens with zero attached hydrogens (tertiary/aromatic N) is 3. The number of furan rings is 1. The number of anilines is 1. The van der Waals surface area contributed by atoms with E-state index in [-0.39, 0.29) is 11.5 Å². The molecule has 9 heteroatoms. The van der Waals surface area contributed by atoms with E-state index in [1.165, 1.54) is 11.8 Å². The average molecular weight is 495 g/mol. The summed E-state index contributed by atoms with van der Waals surface area (Å²) in [4.78, 5) is 30.3. The summed E-state index contributed by atoms with van der Waals surface area (Å²) >= 11 is 3.41. The number of hydrogen-bond donors (Lipinski definition) is 1. The van der Waals surface area contributed by atoms with Crippen molar-refractivity contribution in [1.82, 2.24) is 10.1 Å². The fourth-order valence-electron chi connectivity index (χ4n) is 3.23. The molecule has 0 fully saturated rings. The van der Waals surface area contributed by atoms with Crippen LogP contribution in [-0.4, -0.2) is 22.2 Å². The monoisotopic (exact) mass is 495 g/mol. The Morgan fingerprint density at radius 1 is 1.37 bits per heavy atom. The summed E-state index contributed by atoms with van der Waals surface area (Å²) in [6, 6.07) is 11.0. The van der Waals surface area contributed by atoms with Gasteiger partial charge in [-0.15, -0.1) is 0 Å². The van der Waals surface area contributed by atoms with Gasteiger partial charge in [0.25, 0.3) is 0 Å². The highest BCUT2D eigenvalue weighted by atomic mass is 127. The Morgan fingerprint density at radius 3 is 2.81 bits per heavy atom. The quantitative estimate of drug-likeness (QED) is 0.343. The van der Waals surface area contributed by atoms with Crippen LogP contribution in [0.1, 0.15) is 25.3 Å². The predicted octanol–water partition coefficient (Wildman–Crippen LogP) is 2.95. The smallest absolute Gasteiger partial charge is 0.325 e. The summed E-state index contributed by atoms with van der Waals surface area (Å²) in [5.41, 5.74) is 1.49. The van der Waals surface area contributed by atoms with Crippen LogP contribution in [0.2, 0.25) is 0 Å². The van der Waals surface area contributed by atoms with Crippen LogP contribution in [0.5, 0.6) is 0 Å². The van der Waals surface area contributed by atoms with Gasteiger partial charge < -0.3 is 4.42 Å². The van der Waals surface area contributed by atoms with E-state index in [1.54, 1.807) is 9.58 Å². The summed E-state index contributed by atoms with van der Waals surface area (Å²) in [5, 5.41) is 5.06. The number of carbonyl (C=O) groups is 1. The molecule has 0 unspecified atom stereocenters. The van der Waals surface area contributed by atoms with Crippen molar-refractivity contribution in [2.75, 3.05) is 11.2 Å². The van der Waals surface area contributed by atoms with E-state index in [2.05, 4.69) is 32.7 Å². The minimum Gasteiger partial charge on any atom is -0.446 e. The molecule has 1 atom stereocenters. The molecule has 1 aliphatic rings. The van der Waals surface area contributed by atoms with Gasteiger partial charge in [0, 0.05) is 11.5 Å². The molecule has 0 saturated carbocycles. The lowest BCUT2D eigenvalue weighted by Crippen LogP contribution is -2.60. The van der Waals surface area contributed by atoms with Crippen molar-refractivity contribution in [3.63, 3.8) is 0 Å². The maximum absolute atomic E-state index is 12.9. The molecule has 0 radical (unpaired) electrons. The molecule has 138 valence electrons. The van der Waals surface area contributed by atoms with Gasteiger partial charge in [-0.2, -0.15) is 0 Å². The van der Waals surface area contributed by atoms with E-state index in [0.717, 1.165) is 0 Å². The molecule has 1 N–H and O–H groups in total. The van der Waals surface area contributed by atoms with Crippen LogP contribution in [0, 0.1) is 3.77 Å². The number of H-pyrrole nitrogens is 1. The molecule has 1 aliphatic heterocycles. The summed E-state index contributed by atoms with van der Waals surface area (Å²) in [7, 11) is 0. The number of thioether (sulfide) groups is 1. The Morgan fingerprint density at radius 2 is 2.15 bits per heavy atom. The Kier molecular flexibility index (Phi) is 4.81. The number of hydrogen-bond acceptors (Lipinski definition) is 5. The molecule has 3 heterocycles. The maximum Gasteiger partial charge on any atom is 0.325 e. The van der Waals surface area contributed by atoms with E-state index in [1.807, 2.05) is 49.6 Å². The Labute approximate surface area is 172 Å². The van der Waals surface area contributed by atoms with Gasteiger partial charge in [-0.1, -0.05) is 30.8 Å². The number of benzene rings is 1. The number of nitrogens with one attached hydrogen (secondary N) is 1. The van der Waals surface area contributed by atoms with Crippen LogP contribution in [0.4, 0.5) is 5.69 Å². The van der Waals surface area contributed by atoms with Crippen LogP contribution < -0.4 is 15.1 Å². The minimum absolute atomic E-state index is 0.0789. The number of para-hydroxylation sites is 1. The lowest BCUT2D eigenvalue weighted by Gasteiger charge is -2.30. The molecule has 0 saturated heterocycles. The van der Waals surface area contributed by atoms with E-state index < -0.39 is 6.17 Å². The molecule has 0 bridgehead atoms. The van der Waals surface area contributed by atoms with Crippen molar-refractivity contribution in [2.45, 2.75) is 24.7 Å². The molecule has 1 aromatic carbocycles. The third-order valence-corrected chi connectivity index (χ3v) is 5.52. The van der Waals surface area contributed by atoms with E-state index in [0.29, 0.717) is 38.0 Å². The second-order valence-electron chi connectivity index (χ2n) is 5.91. The van der Waals surface area contributed by atoms with Crippen molar-refractivity contribution in [2.24, 2.45) is 0 Å².